The molecule has 0 fully saturated rings. The highest BCUT2D eigenvalue weighted by molar-refractivity contribution is 5.94. The average molecular weight is 169 g/mol. The summed E-state index contributed by atoms with van der Waals surface area (Å²) in [5.41, 5.74) is 0.00935. The molecule has 0 aromatic heterocycles. The summed E-state index contributed by atoms with van der Waals surface area (Å²) in [6.07, 6.45) is 0.856. The van der Waals surface area contributed by atoms with E-state index in [-0.39, 0.29) is 0 Å². The van der Waals surface area contributed by atoms with E-state index in [4.69, 9.17) is 0 Å². The molecule has 0 aromatic carbocycles. The summed E-state index contributed by atoms with van der Waals surface area (Å²) in [6, 6.07) is 0. The maximum absolute atomic E-state index is 11.7. The van der Waals surface area contributed by atoms with E-state index in [1.165, 1.54) is 0 Å². The van der Waals surface area contributed by atoms with E-state index in [9.17, 15) is 5.21 Å². The van der Waals surface area contributed by atoms with Crippen LogP contribution in [0.5, 0.6) is 0 Å². The van der Waals surface area contributed by atoms with Gasteiger partial charge in [-0.15, -0.1) is 10.3 Å². The number of hydrogen-bond acceptors (Lipinski definition) is 2. The minimum absolute atomic E-state index is 0.418. The van der Waals surface area contributed by atoms with E-state index in [2.05, 4.69) is 4.99 Å². The van der Waals surface area contributed by atoms with Gasteiger partial charge in [0, 0.05) is 5.71 Å². The standard InChI is InChI=1S/C9H17N2O/c1-6-7-8(2,3)11(12)9(4,5)10-7/h6H2,1-5H3. The molecule has 69 valence electrons. The molecule has 1 radical (unpaired) electrons. The molecule has 0 amide bonds. The van der Waals surface area contributed by atoms with E-state index in [1.807, 2.05) is 34.6 Å². The summed E-state index contributed by atoms with van der Waals surface area (Å²) in [5.74, 6) is 0. The van der Waals surface area contributed by atoms with E-state index >= 15 is 0 Å². The Balaban J connectivity index is 3.03. The van der Waals surface area contributed by atoms with E-state index in [0.717, 1.165) is 17.2 Å². The third-order valence-corrected chi connectivity index (χ3v) is 2.45. The predicted molar refractivity (Wildman–Crippen MR) is 48.4 cm³/mol. The third-order valence-electron chi connectivity index (χ3n) is 2.45. The van der Waals surface area contributed by atoms with Crippen molar-refractivity contribution in [3.63, 3.8) is 0 Å². The summed E-state index contributed by atoms with van der Waals surface area (Å²) in [5, 5.41) is 12.8. The van der Waals surface area contributed by atoms with Gasteiger partial charge in [-0.2, -0.15) is 0 Å². The zero-order valence-electron chi connectivity index (χ0n) is 8.51. The lowest BCUT2D eigenvalue weighted by Gasteiger charge is -2.31. The normalized spacial score (nSPS) is 27.3. The highest BCUT2D eigenvalue weighted by Crippen LogP contribution is 2.34. The zero-order valence-corrected chi connectivity index (χ0v) is 8.51. The van der Waals surface area contributed by atoms with Gasteiger partial charge in [-0.1, -0.05) is 6.92 Å². The lowest BCUT2D eigenvalue weighted by atomic mass is 9.97. The first-order chi connectivity index (χ1) is 5.32. The lowest BCUT2D eigenvalue weighted by Crippen LogP contribution is -2.48. The van der Waals surface area contributed by atoms with Gasteiger partial charge < -0.3 is 0 Å². The van der Waals surface area contributed by atoms with Crippen LogP contribution in [-0.4, -0.2) is 22.0 Å². The van der Waals surface area contributed by atoms with Crippen LogP contribution in [0.3, 0.4) is 0 Å². The van der Waals surface area contributed by atoms with Gasteiger partial charge in [0.25, 0.3) is 0 Å². The molecule has 0 spiro atoms. The molecular weight excluding hydrogens is 152 g/mol. The molecule has 0 saturated carbocycles. The Morgan fingerprint density at radius 3 is 2.00 bits per heavy atom. The predicted octanol–water partition coefficient (Wildman–Crippen LogP) is 2.01. The van der Waals surface area contributed by atoms with E-state index < -0.39 is 11.2 Å². The van der Waals surface area contributed by atoms with Crippen molar-refractivity contribution in [1.82, 2.24) is 5.06 Å². The molecule has 0 saturated heterocycles. The fourth-order valence-electron chi connectivity index (χ4n) is 1.83. The minimum Gasteiger partial charge on any atom is -0.268 e. The fraction of sp³-hybridized carbons (Fsp3) is 0.889. The third kappa shape index (κ3) is 1.17. The van der Waals surface area contributed by atoms with Gasteiger partial charge in [0.2, 0.25) is 0 Å². The Kier molecular flexibility index (Phi) is 2.05. The molecule has 3 heteroatoms. The smallest absolute Gasteiger partial charge is 0.134 e. The Bertz CT molecular complexity index is 219. The van der Waals surface area contributed by atoms with Crippen LogP contribution in [0.1, 0.15) is 41.0 Å². The van der Waals surface area contributed by atoms with Crippen molar-refractivity contribution in [2.24, 2.45) is 4.99 Å². The molecule has 0 aliphatic carbocycles. The maximum Gasteiger partial charge on any atom is 0.134 e. The highest BCUT2D eigenvalue weighted by Gasteiger charge is 2.47. The SMILES string of the molecule is CCC1=NC(C)(C)N([O])C1(C)C. The molecule has 1 aliphatic rings. The minimum atomic E-state index is -0.575. The first-order valence-corrected chi connectivity index (χ1v) is 4.39. The van der Waals surface area contributed by atoms with Gasteiger partial charge in [-0.05, 0) is 34.1 Å². The van der Waals surface area contributed by atoms with Crippen molar-refractivity contribution >= 4 is 5.71 Å². The molecule has 1 heterocycles. The first kappa shape index (κ1) is 9.68. The van der Waals surface area contributed by atoms with Crippen LogP contribution in [-0.2, 0) is 5.21 Å². The van der Waals surface area contributed by atoms with Crippen LogP contribution in [0.25, 0.3) is 0 Å². The fourth-order valence-corrected chi connectivity index (χ4v) is 1.83. The van der Waals surface area contributed by atoms with Crippen molar-refractivity contribution in [3.8, 4) is 0 Å². The number of rotatable bonds is 1. The van der Waals surface area contributed by atoms with Crippen LogP contribution in [0.4, 0.5) is 0 Å². The summed E-state index contributed by atoms with van der Waals surface area (Å²) < 4.78 is 0. The zero-order chi connectivity index (χ0) is 9.57. The Morgan fingerprint density at radius 2 is 1.83 bits per heavy atom. The number of nitrogens with zero attached hydrogens (tertiary/aromatic N) is 2. The van der Waals surface area contributed by atoms with Gasteiger partial charge in [-0.3, -0.25) is 4.99 Å². The summed E-state index contributed by atoms with van der Waals surface area (Å²) in [6.45, 7) is 9.60. The molecular formula is C9H17N2O. The summed E-state index contributed by atoms with van der Waals surface area (Å²) in [4.78, 5) is 4.40. The molecule has 0 aromatic rings. The van der Waals surface area contributed by atoms with Crippen LogP contribution in [0.2, 0.25) is 0 Å². The van der Waals surface area contributed by atoms with Crippen LogP contribution < -0.4 is 0 Å². The molecule has 0 bridgehead atoms. The van der Waals surface area contributed by atoms with Gasteiger partial charge in [-0.25, -0.2) is 0 Å². The lowest BCUT2D eigenvalue weighted by molar-refractivity contribution is -0.241. The van der Waals surface area contributed by atoms with Gasteiger partial charge >= 0.3 is 0 Å². The van der Waals surface area contributed by atoms with Crippen LogP contribution in [0, 0.1) is 0 Å². The van der Waals surface area contributed by atoms with Crippen molar-refractivity contribution in [2.45, 2.75) is 52.2 Å². The average Bonchev–Trinajstić information content (AvgIpc) is 2.11. The second-order valence-electron chi connectivity index (χ2n) is 4.26. The van der Waals surface area contributed by atoms with Gasteiger partial charge in [0.1, 0.15) is 5.66 Å². The summed E-state index contributed by atoms with van der Waals surface area (Å²) in [7, 11) is 0. The van der Waals surface area contributed by atoms with Gasteiger partial charge in [0.15, 0.2) is 0 Å². The second-order valence-corrected chi connectivity index (χ2v) is 4.26. The monoisotopic (exact) mass is 169 g/mol. The molecule has 0 unspecified atom stereocenters. The van der Waals surface area contributed by atoms with Crippen molar-refractivity contribution in [2.75, 3.05) is 0 Å². The Labute approximate surface area is 74.1 Å². The first-order valence-electron chi connectivity index (χ1n) is 4.39. The van der Waals surface area contributed by atoms with Crippen LogP contribution in [0.15, 0.2) is 4.99 Å². The molecule has 1 aliphatic heterocycles. The van der Waals surface area contributed by atoms with Gasteiger partial charge in [0.05, 0.1) is 5.54 Å². The number of hydroxylamine groups is 2. The molecule has 0 atom stereocenters. The summed E-state index contributed by atoms with van der Waals surface area (Å²) >= 11 is 0. The topological polar surface area (TPSA) is 35.5 Å². The molecule has 1 rings (SSSR count). The largest absolute Gasteiger partial charge is 0.268 e. The number of hydrogen-bond donors (Lipinski definition) is 0. The Hall–Kier alpha value is -0.410. The Morgan fingerprint density at radius 1 is 1.33 bits per heavy atom. The molecule has 3 nitrogen and oxygen atoms in total. The maximum atomic E-state index is 11.7. The van der Waals surface area contributed by atoms with Crippen molar-refractivity contribution in [1.29, 1.82) is 0 Å². The van der Waals surface area contributed by atoms with E-state index in [1.54, 1.807) is 0 Å². The molecule has 12 heavy (non-hydrogen) atoms. The second kappa shape index (κ2) is 2.54. The van der Waals surface area contributed by atoms with Crippen molar-refractivity contribution in [3.05, 3.63) is 0 Å². The van der Waals surface area contributed by atoms with Crippen LogP contribution >= 0.6 is 0 Å². The van der Waals surface area contributed by atoms with E-state index in [0.29, 0.717) is 0 Å². The molecule has 0 N–H and O–H groups in total. The van der Waals surface area contributed by atoms with Crippen molar-refractivity contribution < 1.29 is 5.21 Å². The number of aliphatic imine (C=N–C) groups is 1. The quantitative estimate of drug-likeness (QED) is 0.591. The highest BCUT2D eigenvalue weighted by atomic mass is 16.5.